The predicted octanol–water partition coefficient (Wildman–Crippen LogP) is 1.08. The fourth-order valence-electron chi connectivity index (χ4n) is 0.809. The van der Waals surface area contributed by atoms with Crippen molar-refractivity contribution < 1.29 is 0 Å². The average Bonchev–Trinajstić information content (AvgIpc) is 2.05. The van der Waals surface area contributed by atoms with Gasteiger partial charge in [0.15, 0.2) is 0 Å². The van der Waals surface area contributed by atoms with Crippen LogP contribution in [0.5, 0.6) is 0 Å². The van der Waals surface area contributed by atoms with E-state index in [1.807, 2.05) is 19.1 Å². The van der Waals surface area contributed by atoms with Gasteiger partial charge in [0, 0.05) is 12.2 Å². The maximum absolute atomic E-state index is 5.64. The van der Waals surface area contributed by atoms with E-state index in [1.165, 1.54) is 0 Å². The van der Waals surface area contributed by atoms with E-state index in [9.17, 15) is 0 Å². The molecular weight excluding hydrogens is 136 g/mol. The number of nitrogens with two attached hydrogens (primary N) is 1. The molecule has 11 heavy (non-hydrogen) atoms. The molecule has 0 spiro atoms. The van der Waals surface area contributed by atoms with Gasteiger partial charge in [-0.25, -0.2) is 4.98 Å². The molecule has 0 saturated carbocycles. The summed E-state index contributed by atoms with van der Waals surface area (Å²) in [5.41, 5.74) is 7.30. The number of hydrogen-bond acceptors (Lipinski definition) is 2. The Kier molecular flexibility index (Phi) is 2.25. The fourth-order valence-corrected chi connectivity index (χ4v) is 0.809. The second kappa shape index (κ2) is 3.18. The summed E-state index contributed by atoms with van der Waals surface area (Å²) in [5, 5.41) is 0. The van der Waals surface area contributed by atoms with E-state index < -0.39 is 0 Å². The van der Waals surface area contributed by atoms with Gasteiger partial charge in [-0.05, 0) is 24.6 Å². The molecule has 1 atom stereocenters. The summed E-state index contributed by atoms with van der Waals surface area (Å²) in [6.45, 7) is 1.91. The first-order chi connectivity index (χ1) is 5.24. The monoisotopic (exact) mass is 146 g/mol. The highest BCUT2D eigenvalue weighted by Crippen LogP contribution is 2.08. The van der Waals surface area contributed by atoms with Crippen molar-refractivity contribution in [2.45, 2.75) is 13.0 Å². The maximum atomic E-state index is 5.64. The minimum Gasteiger partial charge on any atom is -0.324 e. The van der Waals surface area contributed by atoms with E-state index in [0.29, 0.717) is 5.69 Å². The van der Waals surface area contributed by atoms with E-state index in [2.05, 4.69) is 10.9 Å². The Morgan fingerprint density at radius 1 is 1.73 bits per heavy atom. The van der Waals surface area contributed by atoms with Crippen LogP contribution in [0, 0.1) is 12.3 Å². The van der Waals surface area contributed by atoms with Crippen molar-refractivity contribution >= 4 is 0 Å². The zero-order valence-electron chi connectivity index (χ0n) is 6.41. The molecule has 1 aromatic rings. The van der Waals surface area contributed by atoms with Gasteiger partial charge < -0.3 is 5.73 Å². The molecule has 0 aliphatic heterocycles. The van der Waals surface area contributed by atoms with Crippen molar-refractivity contribution in [1.29, 1.82) is 0 Å². The van der Waals surface area contributed by atoms with Gasteiger partial charge in [0.25, 0.3) is 0 Å². The molecule has 1 aromatic heterocycles. The third-order valence-electron chi connectivity index (χ3n) is 1.46. The lowest BCUT2D eigenvalue weighted by molar-refractivity contribution is 0.814. The van der Waals surface area contributed by atoms with Crippen molar-refractivity contribution in [1.82, 2.24) is 4.98 Å². The van der Waals surface area contributed by atoms with Crippen molar-refractivity contribution in [3.05, 3.63) is 29.6 Å². The normalized spacial score (nSPS) is 12.1. The van der Waals surface area contributed by atoms with Gasteiger partial charge >= 0.3 is 0 Å². The average molecular weight is 146 g/mol. The van der Waals surface area contributed by atoms with E-state index in [0.717, 1.165) is 5.56 Å². The number of nitrogens with zero attached hydrogens (tertiary/aromatic N) is 1. The molecule has 0 saturated heterocycles. The lowest BCUT2D eigenvalue weighted by Crippen LogP contribution is -2.05. The zero-order chi connectivity index (χ0) is 8.27. The molecule has 56 valence electrons. The molecule has 0 fully saturated rings. The molecule has 0 unspecified atom stereocenters. The fraction of sp³-hybridized carbons (Fsp3) is 0.222. The van der Waals surface area contributed by atoms with Crippen molar-refractivity contribution in [2.24, 2.45) is 5.73 Å². The standard InChI is InChI=1S/C9H10N2/c1-3-9-6-8(7(2)10)4-5-11-9/h1,4-7H,10H2,2H3/t7-/m1/s1. The lowest BCUT2D eigenvalue weighted by atomic mass is 10.1. The van der Waals surface area contributed by atoms with Crippen molar-refractivity contribution in [3.8, 4) is 12.3 Å². The summed E-state index contributed by atoms with van der Waals surface area (Å²) < 4.78 is 0. The van der Waals surface area contributed by atoms with Gasteiger partial charge in [0.2, 0.25) is 0 Å². The Morgan fingerprint density at radius 3 is 3.00 bits per heavy atom. The smallest absolute Gasteiger partial charge is 0.113 e. The number of terminal acetylenes is 1. The van der Waals surface area contributed by atoms with E-state index >= 15 is 0 Å². The topological polar surface area (TPSA) is 38.9 Å². The van der Waals surface area contributed by atoms with Crippen LogP contribution in [0.4, 0.5) is 0 Å². The summed E-state index contributed by atoms with van der Waals surface area (Å²) in [5.74, 6) is 2.46. The minimum atomic E-state index is 0.0186. The van der Waals surface area contributed by atoms with Crippen LogP contribution in [0.15, 0.2) is 18.3 Å². The number of pyridine rings is 1. The SMILES string of the molecule is C#Cc1cc([C@@H](C)N)ccn1. The number of rotatable bonds is 1. The molecule has 2 nitrogen and oxygen atoms in total. The largest absolute Gasteiger partial charge is 0.324 e. The van der Waals surface area contributed by atoms with Crippen LogP contribution in [0.3, 0.4) is 0 Å². The van der Waals surface area contributed by atoms with Gasteiger partial charge in [-0.2, -0.15) is 0 Å². The molecular formula is C9H10N2. The Morgan fingerprint density at radius 2 is 2.45 bits per heavy atom. The molecule has 2 N–H and O–H groups in total. The molecule has 1 heterocycles. The molecule has 0 amide bonds. The second-order valence-electron chi connectivity index (χ2n) is 2.41. The summed E-state index contributed by atoms with van der Waals surface area (Å²) in [6.07, 6.45) is 6.84. The molecule has 0 aliphatic rings. The van der Waals surface area contributed by atoms with Crippen LogP contribution in [0.25, 0.3) is 0 Å². The Hall–Kier alpha value is -1.33. The Balaban J connectivity index is 3.03. The first kappa shape index (κ1) is 7.77. The number of hydrogen-bond donors (Lipinski definition) is 1. The highest BCUT2D eigenvalue weighted by molar-refractivity contribution is 5.29. The van der Waals surface area contributed by atoms with Crippen LogP contribution in [0.1, 0.15) is 24.2 Å². The first-order valence-electron chi connectivity index (χ1n) is 3.42. The van der Waals surface area contributed by atoms with Crippen LogP contribution < -0.4 is 5.73 Å². The Bertz CT molecular complexity index is 284. The Labute approximate surface area is 66.4 Å². The van der Waals surface area contributed by atoms with E-state index in [4.69, 9.17) is 12.2 Å². The van der Waals surface area contributed by atoms with E-state index in [-0.39, 0.29) is 6.04 Å². The first-order valence-corrected chi connectivity index (χ1v) is 3.42. The summed E-state index contributed by atoms with van der Waals surface area (Å²) in [4.78, 5) is 3.95. The summed E-state index contributed by atoms with van der Waals surface area (Å²) in [6, 6.07) is 3.71. The van der Waals surface area contributed by atoms with Crippen LogP contribution >= 0.6 is 0 Å². The molecule has 1 rings (SSSR count). The van der Waals surface area contributed by atoms with Crippen molar-refractivity contribution in [3.63, 3.8) is 0 Å². The third kappa shape index (κ3) is 1.79. The van der Waals surface area contributed by atoms with Crippen LogP contribution in [0.2, 0.25) is 0 Å². The van der Waals surface area contributed by atoms with Crippen LogP contribution in [-0.2, 0) is 0 Å². The highest BCUT2D eigenvalue weighted by Gasteiger charge is 1.98. The van der Waals surface area contributed by atoms with E-state index in [1.54, 1.807) is 6.20 Å². The molecule has 0 aliphatic carbocycles. The van der Waals surface area contributed by atoms with Crippen molar-refractivity contribution in [2.75, 3.05) is 0 Å². The number of aromatic nitrogens is 1. The summed E-state index contributed by atoms with van der Waals surface area (Å²) >= 11 is 0. The minimum absolute atomic E-state index is 0.0186. The van der Waals surface area contributed by atoms with Crippen LogP contribution in [-0.4, -0.2) is 4.98 Å². The molecule has 2 heteroatoms. The van der Waals surface area contributed by atoms with Gasteiger partial charge in [-0.1, -0.05) is 5.92 Å². The van der Waals surface area contributed by atoms with Gasteiger partial charge in [0.05, 0.1) is 0 Å². The molecule has 0 bridgehead atoms. The highest BCUT2D eigenvalue weighted by atomic mass is 14.7. The quantitative estimate of drug-likeness (QED) is 0.602. The lowest BCUT2D eigenvalue weighted by Gasteiger charge is -2.03. The summed E-state index contributed by atoms with van der Waals surface area (Å²) in [7, 11) is 0. The van der Waals surface area contributed by atoms with Gasteiger partial charge in [-0.3, -0.25) is 0 Å². The zero-order valence-corrected chi connectivity index (χ0v) is 6.41. The maximum Gasteiger partial charge on any atom is 0.113 e. The second-order valence-corrected chi connectivity index (χ2v) is 2.41. The molecule has 0 radical (unpaired) electrons. The molecule has 0 aromatic carbocycles. The third-order valence-corrected chi connectivity index (χ3v) is 1.46. The van der Waals surface area contributed by atoms with Gasteiger partial charge in [-0.15, -0.1) is 6.42 Å². The predicted molar refractivity (Wildman–Crippen MR) is 44.8 cm³/mol. The van der Waals surface area contributed by atoms with Gasteiger partial charge in [0.1, 0.15) is 5.69 Å².